The van der Waals surface area contributed by atoms with Gasteiger partial charge in [-0.05, 0) is 51.0 Å². The zero-order valence-corrected chi connectivity index (χ0v) is 15.5. The van der Waals surface area contributed by atoms with E-state index in [2.05, 4.69) is 4.98 Å². The van der Waals surface area contributed by atoms with Gasteiger partial charge in [0.2, 0.25) is 0 Å². The van der Waals surface area contributed by atoms with Gasteiger partial charge in [-0.1, -0.05) is 12.1 Å². The van der Waals surface area contributed by atoms with Crippen LogP contribution in [0, 0.1) is 13.8 Å². The van der Waals surface area contributed by atoms with E-state index in [0.29, 0.717) is 17.5 Å². The lowest BCUT2D eigenvalue weighted by Gasteiger charge is -2.09. The van der Waals surface area contributed by atoms with Gasteiger partial charge in [0, 0.05) is 4.88 Å². The van der Waals surface area contributed by atoms with Crippen molar-refractivity contribution in [2.24, 2.45) is 0 Å². The monoisotopic (exact) mass is 356 g/mol. The molecule has 3 aromatic rings. The van der Waals surface area contributed by atoms with Crippen LogP contribution in [0.5, 0.6) is 0 Å². The van der Waals surface area contributed by atoms with E-state index in [1.54, 1.807) is 34.4 Å². The van der Waals surface area contributed by atoms with Gasteiger partial charge in [0.1, 0.15) is 4.83 Å². The molecule has 0 aliphatic rings. The number of rotatable bonds is 4. The average molecular weight is 356 g/mol. The maximum absolute atomic E-state index is 12.7. The fourth-order valence-corrected chi connectivity index (χ4v) is 3.60. The van der Waals surface area contributed by atoms with E-state index in [0.717, 1.165) is 20.8 Å². The van der Waals surface area contributed by atoms with E-state index in [4.69, 9.17) is 4.74 Å². The van der Waals surface area contributed by atoms with Gasteiger partial charge in [-0.3, -0.25) is 9.36 Å². The molecule has 0 bridgehead atoms. The molecule has 2 aromatic heterocycles. The minimum atomic E-state index is -0.342. The maximum Gasteiger partial charge on any atom is 0.338 e. The van der Waals surface area contributed by atoms with Crippen LogP contribution in [0.1, 0.15) is 40.2 Å². The number of ether oxygens (including phenoxy) is 1. The van der Waals surface area contributed by atoms with E-state index >= 15 is 0 Å². The highest BCUT2D eigenvalue weighted by molar-refractivity contribution is 7.18. The minimum Gasteiger partial charge on any atom is -0.459 e. The third-order valence-corrected chi connectivity index (χ3v) is 5.16. The number of nitrogens with zero attached hydrogens (tertiary/aromatic N) is 2. The molecule has 6 heteroatoms. The molecule has 0 amide bonds. The zero-order chi connectivity index (χ0) is 18.1. The third kappa shape index (κ3) is 3.49. The molecule has 0 unspecified atom stereocenters. The molecule has 0 saturated heterocycles. The van der Waals surface area contributed by atoms with Crippen LogP contribution in [0.3, 0.4) is 0 Å². The summed E-state index contributed by atoms with van der Waals surface area (Å²) < 4.78 is 6.77. The van der Waals surface area contributed by atoms with Crippen LogP contribution in [0.25, 0.3) is 10.2 Å². The second-order valence-corrected chi connectivity index (χ2v) is 7.50. The van der Waals surface area contributed by atoms with Crippen molar-refractivity contribution in [3.8, 4) is 0 Å². The van der Waals surface area contributed by atoms with Gasteiger partial charge < -0.3 is 4.74 Å². The van der Waals surface area contributed by atoms with E-state index in [1.807, 2.05) is 39.8 Å². The van der Waals surface area contributed by atoms with Gasteiger partial charge in [-0.15, -0.1) is 11.3 Å². The Labute approximate surface area is 149 Å². The number of esters is 1. The summed E-state index contributed by atoms with van der Waals surface area (Å²) in [5.74, 6) is -0.342. The third-order valence-electron chi connectivity index (χ3n) is 4.04. The van der Waals surface area contributed by atoms with Crippen LogP contribution in [0.2, 0.25) is 0 Å². The fraction of sp³-hybridized carbons (Fsp3) is 0.316. The van der Waals surface area contributed by atoms with Crippen LogP contribution in [-0.4, -0.2) is 21.6 Å². The molecule has 0 radical (unpaired) electrons. The van der Waals surface area contributed by atoms with Crippen molar-refractivity contribution in [2.45, 2.75) is 40.3 Å². The summed E-state index contributed by atoms with van der Waals surface area (Å²) >= 11 is 1.54. The standard InChI is InChI=1S/C19H20N2O3S/c1-11(2)24-19(23)15-7-5-14(6-8-15)9-21-10-20-17-16(18(21)22)12(3)13(4)25-17/h5-8,10-11H,9H2,1-4H3. The first kappa shape index (κ1) is 17.4. The lowest BCUT2D eigenvalue weighted by atomic mass is 10.1. The molecule has 2 heterocycles. The topological polar surface area (TPSA) is 61.2 Å². The predicted octanol–water partition coefficient (Wildman–Crippen LogP) is 3.69. The Morgan fingerprint density at radius 3 is 2.56 bits per heavy atom. The van der Waals surface area contributed by atoms with Crippen LogP contribution in [0.4, 0.5) is 0 Å². The Kier molecular flexibility index (Phi) is 4.72. The largest absolute Gasteiger partial charge is 0.459 e. The molecule has 0 fully saturated rings. The number of aryl methyl sites for hydroxylation is 2. The normalized spacial score (nSPS) is 11.2. The molecule has 3 rings (SSSR count). The first-order chi connectivity index (χ1) is 11.9. The highest BCUT2D eigenvalue weighted by Crippen LogP contribution is 2.25. The first-order valence-electron chi connectivity index (χ1n) is 8.12. The number of carbonyl (C=O) groups excluding carboxylic acids is 1. The summed E-state index contributed by atoms with van der Waals surface area (Å²) in [6.45, 7) is 8.00. The number of fused-ring (bicyclic) bond motifs is 1. The van der Waals surface area contributed by atoms with Crippen molar-refractivity contribution in [3.63, 3.8) is 0 Å². The Morgan fingerprint density at radius 2 is 1.92 bits per heavy atom. The zero-order valence-electron chi connectivity index (χ0n) is 14.7. The van der Waals surface area contributed by atoms with Gasteiger partial charge in [0.25, 0.3) is 5.56 Å². The van der Waals surface area contributed by atoms with E-state index in [-0.39, 0.29) is 17.6 Å². The van der Waals surface area contributed by atoms with Crippen molar-refractivity contribution in [1.82, 2.24) is 9.55 Å². The highest BCUT2D eigenvalue weighted by atomic mass is 32.1. The second-order valence-electron chi connectivity index (χ2n) is 6.29. The smallest absolute Gasteiger partial charge is 0.338 e. The Bertz CT molecular complexity index is 984. The SMILES string of the molecule is Cc1sc2ncn(Cc3ccc(C(=O)OC(C)C)cc3)c(=O)c2c1C. The molecule has 0 spiro atoms. The van der Waals surface area contributed by atoms with Crippen LogP contribution < -0.4 is 5.56 Å². The first-order valence-corrected chi connectivity index (χ1v) is 8.93. The fourth-order valence-electron chi connectivity index (χ4n) is 2.61. The number of hydrogen-bond acceptors (Lipinski definition) is 5. The summed E-state index contributed by atoms with van der Waals surface area (Å²) in [4.78, 5) is 30.9. The van der Waals surface area contributed by atoms with Crippen LogP contribution in [0.15, 0.2) is 35.4 Å². The molecule has 1 aromatic carbocycles. The molecule has 0 aliphatic carbocycles. The number of hydrogen-bond donors (Lipinski definition) is 0. The van der Waals surface area contributed by atoms with Gasteiger partial charge in [-0.25, -0.2) is 9.78 Å². The Hall–Kier alpha value is -2.47. The predicted molar refractivity (Wildman–Crippen MR) is 99.4 cm³/mol. The summed E-state index contributed by atoms with van der Waals surface area (Å²) in [6.07, 6.45) is 1.43. The van der Waals surface area contributed by atoms with Gasteiger partial charge >= 0.3 is 5.97 Å². The number of thiophene rings is 1. The quantitative estimate of drug-likeness (QED) is 0.669. The molecule has 0 saturated carbocycles. The van der Waals surface area contributed by atoms with Gasteiger partial charge in [0.15, 0.2) is 0 Å². The average Bonchev–Trinajstić information content (AvgIpc) is 2.85. The summed E-state index contributed by atoms with van der Waals surface area (Å²) in [7, 11) is 0. The molecular formula is C19H20N2O3S. The van der Waals surface area contributed by atoms with Crippen molar-refractivity contribution >= 4 is 27.5 Å². The van der Waals surface area contributed by atoms with E-state index in [1.165, 1.54) is 0 Å². The Balaban J connectivity index is 1.87. The van der Waals surface area contributed by atoms with Crippen molar-refractivity contribution in [1.29, 1.82) is 0 Å². The maximum atomic E-state index is 12.7. The van der Waals surface area contributed by atoms with Crippen LogP contribution >= 0.6 is 11.3 Å². The molecule has 0 atom stereocenters. The minimum absolute atomic E-state index is 0.0323. The number of benzene rings is 1. The van der Waals surface area contributed by atoms with Gasteiger partial charge in [-0.2, -0.15) is 0 Å². The summed E-state index contributed by atoms with van der Waals surface area (Å²) in [5, 5.41) is 0.696. The van der Waals surface area contributed by atoms with Gasteiger partial charge in [0.05, 0.1) is 29.9 Å². The number of aromatic nitrogens is 2. The second kappa shape index (κ2) is 6.80. The summed E-state index contributed by atoms with van der Waals surface area (Å²) in [6, 6.07) is 7.10. The van der Waals surface area contributed by atoms with Crippen molar-refractivity contribution < 1.29 is 9.53 Å². The molecule has 0 N–H and O–H groups in total. The molecular weight excluding hydrogens is 336 g/mol. The molecule has 25 heavy (non-hydrogen) atoms. The molecule has 130 valence electrons. The van der Waals surface area contributed by atoms with Crippen molar-refractivity contribution in [3.05, 3.63) is 62.5 Å². The lowest BCUT2D eigenvalue weighted by molar-refractivity contribution is 0.0378. The molecule has 0 aliphatic heterocycles. The number of carbonyl (C=O) groups is 1. The van der Waals surface area contributed by atoms with Crippen molar-refractivity contribution in [2.75, 3.05) is 0 Å². The Morgan fingerprint density at radius 1 is 1.24 bits per heavy atom. The highest BCUT2D eigenvalue weighted by Gasteiger charge is 2.13. The van der Waals surface area contributed by atoms with E-state index < -0.39 is 0 Å². The lowest BCUT2D eigenvalue weighted by Crippen LogP contribution is -2.21. The van der Waals surface area contributed by atoms with E-state index in [9.17, 15) is 9.59 Å². The molecule has 5 nitrogen and oxygen atoms in total. The summed E-state index contributed by atoms with van der Waals surface area (Å²) in [5.41, 5.74) is 2.39. The van der Waals surface area contributed by atoms with Crippen LogP contribution in [-0.2, 0) is 11.3 Å².